The molecule has 0 saturated carbocycles. The summed E-state index contributed by atoms with van der Waals surface area (Å²) >= 11 is 0.110. The van der Waals surface area contributed by atoms with Crippen molar-refractivity contribution in [2.24, 2.45) is 4.01 Å². The summed E-state index contributed by atoms with van der Waals surface area (Å²) in [5.41, 5.74) is 0. The minimum atomic E-state index is -0.239. The fraction of sp³-hybridized carbons (Fsp3) is 0.800. The summed E-state index contributed by atoms with van der Waals surface area (Å²) in [7, 11) is 0. The Labute approximate surface area is 61.1 Å². The molecular weight excluding hydrogens is 183 g/mol. The Kier molecular flexibility index (Phi) is 1.55. The molecule has 0 unspecified atom stereocenters. The molecule has 1 aliphatic heterocycles. The van der Waals surface area contributed by atoms with Crippen molar-refractivity contribution in [3.05, 3.63) is 0 Å². The van der Waals surface area contributed by atoms with Gasteiger partial charge < -0.3 is 0 Å². The normalized spacial score (nSPS) is 24.4. The third-order valence-electron chi connectivity index (χ3n) is 1.18. The number of hydrogen-bond acceptors (Lipinski definition) is 2. The van der Waals surface area contributed by atoms with E-state index in [2.05, 4.69) is 4.01 Å². The van der Waals surface area contributed by atoms with E-state index < -0.39 is 0 Å². The van der Waals surface area contributed by atoms with Crippen LogP contribution in [0.1, 0.15) is 20.8 Å². The van der Waals surface area contributed by atoms with Crippen LogP contribution < -0.4 is 0 Å². The number of nitrogens with zero attached hydrogens (tertiary/aromatic N) is 2. The van der Waals surface area contributed by atoms with Crippen LogP contribution in [-0.2, 0) is 5.21 Å². The Balaban J connectivity index is 2.73. The van der Waals surface area contributed by atoms with Gasteiger partial charge in [0.25, 0.3) is 0 Å². The van der Waals surface area contributed by atoms with Gasteiger partial charge in [0, 0.05) is 0 Å². The monoisotopic (exact) mass is 193 g/mol. The van der Waals surface area contributed by atoms with Crippen LogP contribution in [0.3, 0.4) is 0 Å². The van der Waals surface area contributed by atoms with Gasteiger partial charge in [-0.25, -0.2) is 0 Å². The first kappa shape index (κ1) is 7.06. The summed E-state index contributed by atoms with van der Waals surface area (Å²) in [5, 5.41) is 12.0. The summed E-state index contributed by atoms with van der Waals surface area (Å²) in [5.74, 6) is 0.625. The van der Waals surface area contributed by atoms with Crippen molar-refractivity contribution in [2.45, 2.75) is 25.2 Å². The molecule has 0 atom stereocenters. The van der Waals surface area contributed by atoms with E-state index >= 15 is 0 Å². The number of hydrogen-bond donors (Lipinski definition) is 0. The van der Waals surface area contributed by atoms with Gasteiger partial charge in [-0.2, -0.15) is 0 Å². The summed E-state index contributed by atoms with van der Waals surface area (Å²) in [6.45, 7) is 5.59. The van der Waals surface area contributed by atoms with E-state index in [1.807, 2.05) is 13.8 Å². The van der Waals surface area contributed by atoms with Gasteiger partial charge in [0.15, 0.2) is 0 Å². The van der Waals surface area contributed by atoms with Gasteiger partial charge in [0.2, 0.25) is 0 Å². The van der Waals surface area contributed by atoms with E-state index in [9.17, 15) is 5.21 Å². The molecule has 1 radical (unpaired) electrons. The molecule has 0 spiro atoms. The Bertz CT molecular complexity index is 155. The maximum atomic E-state index is 11.0. The van der Waals surface area contributed by atoms with E-state index in [0.717, 1.165) is 5.06 Å². The zero-order valence-electron chi connectivity index (χ0n) is 5.71. The van der Waals surface area contributed by atoms with Crippen molar-refractivity contribution < 1.29 is 5.21 Å². The number of hydroxylamine groups is 2. The molecule has 1 heterocycles. The Morgan fingerprint density at radius 1 is 1.67 bits per heavy atom. The van der Waals surface area contributed by atoms with Gasteiger partial charge in [-0.3, -0.25) is 0 Å². The van der Waals surface area contributed by atoms with Crippen LogP contribution in [-0.4, -0.2) is 30.5 Å². The fourth-order valence-corrected chi connectivity index (χ4v) is 1.98. The van der Waals surface area contributed by atoms with Gasteiger partial charge in [-0.1, -0.05) is 0 Å². The van der Waals surface area contributed by atoms with Crippen LogP contribution in [0.2, 0.25) is 0 Å². The maximum absolute atomic E-state index is 11.0. The SMILES string of the molecule is CC1=N[Se]C(C)(C)N1[O]. The van der Waals surface area contributed by atoms with Crippen molar-refractivity contribution in [2.75, 3.05) is 0 Å². The Hall–Kier alpha value is -0.0505. The van der Waals surface area contributed by atoms with Crippen molar-refractivity contribution >= 4 is 21.0 Å². The van der Waals surface area contributed by atoms with Crippen LogP contribution in [0.25, 0.3) is 0 Å². The number of rotatable bonds is 0. The van der Waals surface area contributed by atoms with Gasteiger partial charge in [-0.05, 0) is 0 Å². The van der Waals surface area contributed by atoms with Crippen molar-refractivity contribution in [1.29, 1.82) is 0 Å². The van der Waals surface area contributed by atoms with Gasteiger partial charge in [0.05, 0.1) is 0 Å². The molecule has 4 heteroatoms. The third kappa shape index (κ3) is 1.11. The van der Waals surface area contributed by atoms with Gasteiger partial charge in [0.1, 0.15) is 0 Å². The molecule has 51 valence electrons. The molecule has 0 bridgehead atoms. The second-order valence-electron chi connectivity index (χ2n) is 2.47. The second kappa shape index (κ2) is 1.97. The molecule has 0 amide bonds. The first-order valence-corrected chi connectivity index (χ1v) is 4.36. The van der Waals surface area contributed by atoms with E-state index in [-0.39, 0.29) is 19.6 Å². The molecule has 0 aromatic carbocycles. The quantitative estimate of drug-likeness (QED) is 0.512. The predicted octanol–water partition coefficient (Wildman–Crippen LogP) is 0.421. The van der Waals surface area contributed by atoms with Crippen molar-refractivity contribution in [3.8, 4) is 0 Å². The summed E-state index contributed by atoms with van der Waals surface area (Å²) in [6.07, 6.45) is 0. The number of amidine groups is 1. The molecule has 1 aliphatic rings. The molecule has 0 saturated heterocycles. The molecule has 0 N–H and O–H groups in total. The van der Waals surface area contributed by atoms with Crippen molar-refractivity contribution in [1.82, 2.24) is 5.06 Å². The zero-order valence-corrected chi connectivity index (χ0v) is 7.42. The first-order valence-electron chi connectivity index (χ1n) is 2.74. The van der Waals surface area contributed by atoms with Crippen LogP contribution in [0.4, 0.5) is 0 Å². The average Bonchev–Trinajstić information content (AvgIpc) is 1.97. The van der Waals surface area contributed by atoms with Crippen LogP contribution in [0.5, 0.6) is 0 Å². The van der Waals surface area contributed by atoms with E-state index in [1.165, 1.54) is 0 Å². The molecule has 3 nitrogen and oxygen atoms in total. The Morgan fingerprint density at radius 3 is 2.33 bits per heavy atom. The molecular formula is C5H9N2OSe. The van der Waals surface area contributed by atoms with Crippen LogP contribution in [0, 0.1) is 0 Å². The van der Waals surface area contributed by atoms with E-state index in [1.54, 1.807) is 6.92 Å². The molecule has 9 heavy (non-hydrogen) atoms. The van der Waals surface area contributed by atoms with E-state index in [0.29, 0.717) is 5.84 Å². The topological polar surface area (TPSA) is 35.5 Å². The fourth-order valence-electron chi connectivity index (χ4n) is 0.642. The van der Waals surface area contributed by atoms with Crippen LogP contribution >= 0.6 is 0 Å². The summed E-state index contributed by atoms with van der Waals surface area (Å²) < 4.78 is 3.82. The minimum absolute atomic E-state index is 0.110. The zero-order chi connectivity index (χ0) is 7.07. The average molecular weight is 192 g/mol. The standard InChI is InChI=1S/C5H9N2OSe/c1-4-6-9-5(2,3)7(4)8/h1-3H3. The third-order valence-corrected chi connectivity index (χ3v) is 3.22. The summed E-state index contributed by atoms with van der Waals surface area (Å²) in [4.78, 5) is 0. The van der Waals surface area contributed by atoms with Gasteiger partial charge in [-0.15, -0.1) is 0 Å². The molecule has 0 aromatic rings. The predicted molar refractivity (Wildman–Crippen MR) is 35.5 cm³/mol. The van der Waals surface area contributed by atoms with Crippen molar-refractivity contribution in [3.63, 3.8) is 0 Å². The first-order chi connectivity index (χ1) is 4.04. The Morgan fingerprint density at radius 2 is 2.22 bits per heavy atom. The van der Waals surface area contributed by atoms with Crippen LogP contribution in [0.15, 0.2) is 4.01 Å². The van der Waals surface area contributed by atoms with E-state index in [4.69, 9.17) is 0 Å². The molecule has 0 aromatic heterocycles. The van der Waals surface area contributed by atoms with Gasteiger partial charge >= 0.3 is 60.5 Å². The summed E-state index contributed by atoms with van der Waals surface area (Å²) in [6, 6.07) is 0. The molecule has 0 aliphatic carbocycles. The molecule has 1 rings (SSSR count). The second-order valence-corrected chi connectivity index (χ2v) is 5.33. The molecule has 0 fully saturated rings.